The molecule has 3 rings (SSSR count). The molecule has 6 nitrogen and oxygen atoms in total. The quantitative estimate of drug-likeness (QED) is 0.278. The predicted molar refractivity (Wildman–Crippen MR) is 126 cm³/mol. The maximum Gasteiger partial charge on any atom is 0.329 e. The molecule has 0 aliphatic carbocycles. The van der Waals surface area contributed by atoms with Crippen molar-refractivity contribution in [3.8, 4) is 5.75 Å². The van der Waals surface area contributed by atoms with Gasteiger partial charge in [-0.25, -0.2) is 5.43 Å². The zero-order chi connectivity index (χ0) is 22.9. The van der Waals surface area contributed by atoms with Gasteiger partial charge in [0.15, 0.2) is 0 Å². The zero-order valence-electron chi connectivity index (χ0n) is 16.6. The van der Waals surface area contributed by atoms with Gasteiger partial charge in [0.2, 0.25) is 0 Å². The molecule has 0 aliphatic heterocycles. The second-order valence-electron chi connectivity index (χ2n) is 6.59. The highest BCUT2D eigenvalue weighted by Gasteiger charge is 2.12. The molecule has 0 unspecified atom stereocenters. The molecule has 0 radical (unpaired) electrons. The monoisotopic (exact) mass is 489 g/mol. The number of benzene rings is 3. The molecular formula is C23H18Cl3N3O3. The molecule has 9 heteroatoms. The van der Waals surface area contributed by atoms with Crippen LogP contribution in [-0.2, 0) is 22.7 Å². The van der Waals surface area contributed by atoms with E-state index in [9.17, 15) is 9.59 Å². The van der Waals surface area contributed by atoms with Crippen LogP contribution in [0.3, 0.4) is 0 Å². The summed E-state index contributed by atoms with van der Waals surface area (Å²) in [5.41, 5.74) is 4.40. The smallest absolute Gasteiger partial charge is 0.329 e. The number of nitrogens with zero attached hydrogens (tertiary/aromatic N) is 1. The molecular weight excluding hydrogens is 473 g/mol. The third-order valence-corrected chi connectivity index (χ3v) is 5.20. The molecule has 0 fully saturated rings. The van der Waals surface area contributed by atoms with Gasteiger partial charge in [-0.2, -0.15) is 5.10 Å². The molecule has 0 saturated carbocycles. The average Bonchev–Trinajstić information content (AvgIpc) is 2.79. The molecule has 0 saturated heterocycles. The van der Waals surface area contributed by atoms with E-state index in [-0.39, 0.29) is 13.2 Å². The highest BCUT2D eigenvalue weighted by molar-refractivity contribution is 6.42. The SMILES string of the molecule is O=C(NCc1ccccc1)C(=O)N/N=C\c1cc(Cl)ccc1OCc1ccc(Cl)c(Cl)c1. The summed E-state index contributed by atoms with van der Waals surface area (Å²) in [4.78, 5) is 23.9. The molecule has 164 valence electrons. The van der Waals surface area contributed by atoms with E-state index in [0.717, 1.165) is 11.1 Å². The summed E-state index contributed by atoms with van der Waals surface area (Å²) in [5.74, 6) is -1.21. The summed E-state index contributed by atoms with van der Waals surface area (Å²) in [6.45, 7) is 0.464. The maximum atomic E-state index is 12.0. The summed E-state index contributed by atoms with van der Waals surface area (Å²) in [6.07, 6.45) is 1.35. The van der Waals surface area contributed by atoms with Gasteiger partial charge in [0, 0.05) is 17.1 Å². The van der Waals surface area contributed by atoms with Crippen LogP contribution in [-0.4, -0.2) is 18.0 Å². The lowest BCUT2D eigenvalue weighted by Gasteiger charge is -2.10. The number of ether oxygens (including phenoxy) is 1. The van der Waals surface area contributed by atoms with Crippen LogP contribution in [0.15, 0.2) is 71.8 Å². The number of hydrazone groups is 1. The number of hydrogen-bond donors (Lipinski definition) is 2. The molecule has 2 N–H and O–H groups in total. The maximum absolute atomic E-state index is 12.0. The van der Waals surface area contributed by atoms with Crippen LogP contribution >= 0.6 is 34.8 Å². The molecule has 0 heterocycles. The molecule has 0 atom stereocenters. The van der Waals surface area contributed by atoms with Gasteiger partial charge in [-0.3, -0.25) is 9.59 Å². The molecule has 2 amide bonds. The Balaban J connectivity index is 1.58. The lowest BCUT2D eigenvalue weighted by atomic mass is 10.2. The Morgan fingerprint density at radius 1 is 0.875 bits per heavy atom. The second kappa shape index (κ2) is 11.5. The zero-order valence-corrected chi connectivity index (χ0v) is 18.9. The van der Waals surface area contributed by atoms with Gasteiger partial charge >= 0.3 is 11.8 Å². The van der Waals surface area contributed by atoms with Gasteiger partial charge < -0.3 is 10.1 Å². The number of carbonyl (C=O) groups excluding carboxylic acids is 2. The van der Waals surface area contributed by atoms with E-state index < -0.39 is 11.8 Å². The van der Waals surface area contributed by atoms with Crippen molar-refractivity contribution in [2.75, 3.05) is 0 Å². The van der Waals surface area contributed by atoms with Gasteiger partial charge in [-0.1, -0.05) is 71.2 Å². The first-order valence-electron chi connectivity index (χ1n) is 9.44. The summed E-state index contributed by atoms with van der Waals surface area (Å²) >= 11 is 18.0. The average molecular weight is 491 g/mol. The van der Waals surface area contributed by atoms with E-state index in [2.05, 4.69) is 15.8 Å². The highest BCUT2D eigenvalue weighted by atomic mass is 35.5. The summed E-state index contributed by atoms with van der Waals surface area (Å²) in [6, 6.07) is 19.4. The lowest BCUT2D eigenvalue weighted by Crippen LogP contribution is -2.37. The molecule has 0 bridgehead atoms. The Labute approximate surface area is 200 Å². The van der Waals surface area contributed by atoms with E-state index in [1.165, 1.54) is 6.21 Å². The fourth-order valence-corrected chi connectivity index (χ4v) is 3.11. The number of rotatable bonds is 7. The minimum absolute atomic E-state index is 0.230. The largest absolute Gasteiger partial charge is 0.488 e. The van der Waals surface area contributed by atoms with Crippen LogP contribution in [0.5, 0.6) is 5.75 Å². The van der Waals surface area contributed by atoms with Crippen molar-refractivity contribution in [3.05, 3.63) is 98.5 Å². The first-order valence-corrected chi connectivity index (χ1v) is 10.6. The Bertz CT molecular complexity index is 1140. The lowest BCUT2D eigenvalue weighted by molar-refractivity contribution is -0.139. The standard InChI is InChI=1S/C23H18Cl3N3O3/c24-18-7-9-21(32-14-16-6-8-19(25)20(26)10-16)17(11-18)13-28-29-23(31)22(30)27-12-15-4-2-1-3-5-15/h1-11,13H,12,14H2,(H,27,30)(H,29,31)/b28-13-. The summed E-state index contributed by atoms with van der Waals surface area (Å²) in [5, 5.41) is 7.71. The van der Waals surface area contributed by atoms with Gasteiger partial charge in [0.25, 0.3) is 0 Å². The van der Waals surface area contributed by atoms with E-state index in [1.807, 2.05) is 30.3 Å². The summed E-state index contributed by atoms with van der Waals surface area (Å²) < 4.78 is 5.82. The van der Waals surface area contributed by atoms with Crippen LogP contribution in [0.1, 0.15) is 16.7 Å². The first-order chi connectivity index (χ1) is 15.4. The van der Waals surface area contributed by atoms with E-state index in [4.69, 9.17) is 39.5 Å². The van der Waals surface area contributed by atoms with Crippen LogP contribution < -0.4 is 15.5 Å². The van der Waals surface area contributed by atoms with Gasteiger partial charge in [0.1, 0.15) is 12.4 Å². The predicted octanol–water partition coefficient (Wildman–Crippen LogP) is 4.99. The van der Waals surface area contributed by atoms with Crippen molar-refractivity contribution in [2.45, 2.75) is 13.2 Å². The number of carbonyl (C=O) groups is 2. The normalized spacial score (nSPS) is 10.7. The third kappa shape index (κ3) is 6.99. The minimum atomic E-state index is -0.891. The first kappa shape index (κ1) is 23.6. The van der Waals surface area contributed by atoms with E-state index in [1.54, 1.807) is 36.4 Å². The van der Waals surface area contributed by atoms with E-state index >= 15 is 0 Å². The van der Waals surface area contributed by atoms with Gasteiger partial charge in [0.05, 0.1) is 16.3 Å². The van der Waals surface area contributed by atoms with Crippen molar-refractivity contribution in [3.63, 3.8) is 0 Å². The van der Waals surface area contributed by atoms with Crippen molar-refractivity contribution < 1.29 is 14.3 Å². The Morgan fingerprint density at radius 3 is 2.41 bits per heavy atom. The van der Waals surface area contributed by atoms with Gasteiger partial charge in [-0.05, 0) is 41.5 Å². The highest BCUT2D eigenvalue weighted by Crippen LogP contribution is 2.25. The number of halogens is 3. The number of nitrogens with one attached hydrogen (secondary N) is 2. The van der Waals surface area contributed by atoms with Crippen LogP contribution in [0.2, 0.25) is 15.1 Å². The topological polar surface area (TPSA) is 79.8 Å². The Kier molecular flexibility index (Phi) is 8.50. The molecule has 3 aromatic rings. The van der Waals surface area contributed by atoms with Crippen molar-refractivity contribution in [1.82, 2.24) is 10.7 Å². The van der Waals surface area contributed by atoms with Crippen molar-refractivity contribution in [2.24, 2.45) is 5.10 Å². The van der Waals surface area contributed by atoms with E-state index in [0.29, 0.717) is 26.4 Å². The van der Waals surface area contributed by atoms with Crippen LogP contribution in [0.4, 0.5) is 0 Å². The minimum Gasteiger partial charge on any atom is -0.488 e. The molecule has 0 aromatic heterocycles. The molecule has 32 heavy (non-hydrogen) atoms. The fourth-order valence-electron chi connectivity index (χ4n) is 2.61. The number of hydrogen-bond acceptors (Lipinski definition) is 4. The van der Waals surface area contributed by atoms with Crippen LogP contribution in [0, 0.1) is 0 Å². The second-order valence-corrected chi connectivity index (χ2v) is 7.84. The number of amides is 2. The van der Waals surface area contributed by atoms with Crippen molar-refractivity contribution >= 4 is 52.8 Å². The fraction of sp³-hybridized carbons (Fsp3) is 0.0870. The van der Waals surface area contributed by atoms with Crippen LogP contribution in [0.25, 0.3) is 0 Å². The third-order valence-electron chi connectivity index (χ3n) is 4.22. The van der Waals surface area contributed by atoms with Crippen molar-refractivity contribution in [1.29, 1.82) is 0 Å². The Hall–Kier alpha value is -3.06. The Morgan fingerprint density at radius 2 is 1.66 bits per heavy atom. The summed E-state index contributed by atoms with van der Waals surface area (Å²) in [7, 11) is 0. The molecule has 3 aromatic carbocycles. The molecule has 0 spiro atoms. The molecule has 0 aliphatic rings. The van der Waals surface area contributed by atoms with Gasteiger partial charge in [-0.15, -0.1) is 0 Å².